The number of carbonyl (C=O) groups is 1. The first-order valence-corrected chi connectivity index (χ1v) is 5.02. The van der Waals surface area contributed by atoms with E-state index in [1.807, 2.05) is 12.1 Å². The summed E-state index contributed by atoms with van der Waals surface area (Å²) in [5, 5.41) is 21.2. The Morgan fingerprint density at radius 2 is 2.12 bits per heavy atom. The molecular formula is C11H11N3O3. The van der Waals surface area contributed by atoms with E-state index in [1.165, 1.54) is 6.33 Å². The number of aliphatic carboxylic acids is 1. The number of fused-ring (bicyclic) bond motifs is 1. The number of aliphatic hydroxyl groups is 1. The minimum Gasteiger partial charge on any atom is -0.480 e. The third-order valence-electron chi connectivity index (χ3n) is 2.33. The van der Waals surface area contributed by atoms with Gasteiger partial charge in [-0.3, -0.25) is 0 Å². The Bertz CT molecular complexity index is 539. The van der Waals surface area contributed by atoms with Crippen LogP contribution in [0.2, 0.25) is 0 Å². The van der Waals surface area contributed by atoms with Crippen molar-refractivity contribution in [2.75, 3.05) is 11.9 Å². The fourth-order valence-corrected chi connectivity index (χ4v) is 1.47. The molecule has 1 aromatic heterocycles. The van der Waals surface area contributed by atoms with E-state index in [0.29, 0.717) is 11.3 Å². The highest BCUT2D eigenvalue weighted by molar-refractivity contribution is 5.90. The van der Waals surface area contributed by atoms with Gasteiger partial charge >= 0.3 is 5.97 Å². The van der Waals surface area contributed by atoms with Gasteiger partial charge in [-0.05, 0) is 12.1 Å². The van der Waals surface area contributed by atoms with Gasteiger partial charge in [0.1, 0.15) is 18.2 Å². The second kappa shape index (κ2) is 4.75. The summed E-state index contributed by atoms with van der Waals surface area (Å²) in [7, 11) is 0. The van der Waals surface area contributed by atoms with Crippen molar-refractivity contribution >= 4 is 22.7 Å². The highest BCUT2D eigenvalue weighted by atomic mass is 16.4. The number of hydrogen-bond acceptors (Lipinski definition) is 5. The lowest BCUT2D eigenvalue weighted by Gasteiger charge is -2.13. The van der Waals surface area contributed by atoms with Gasteiger partial charge in [0.15, 0.2) is 0 Å². The maximum atomic E-state index is 10.8. The number of aliphatic hydroxyl groups excluding tert-OH is 1. The lowest BCUT2D eigenvalue weighted by atomic mass is 10.2. The molecular weight excluding hydrogens is 222 g/mol. The summed E-state index contributed by atoms with van der Waals surface area (Å²) in [6.07, 6.45) is 1.35. The second-order valence-electron chi connectivity index (χ2n) is 3.46. The molecule has 1 atom stereocenters. The monoisotopic (exact) mass is 233 g/mol. The number of benzene rings is 1. The number of rotatable bonds is 4. The van der Waals surface area contributed by atoms with Crippen molar-refractivity contribution in [3.63, 3.8) is 0 Å². The minimum atomic E-state index is -1.13. The Hall–Kier alpha value is -2.21. The molecule has 1 heterocycles. The van der Waals surface area contributed by atoms with Gasteiger partial charge in [-0.2, -0.15) is 0 Å². The molecule has 0 aliphatic rings. The molecule has 0 saturated heterocycles. The van der Waals surface area contributed by atoms with Crippen LogP contribution in [0.25, 0.3) is 10.9 Å². The minimum absolute atomic E-state index is 0.400. The summed E-state index contributed by atoms with van der Waals surface area (Å²) < 4.78 is 0. The van der Waals surface area contributed by atoms with Crippen LogP contribution in [0.5, 0.6) is 0 Å². The molecule has 0 aliphatic carbocycles. The van der Waals surface area contributed by atoms with Gasteiger partial charge in [0.2, 0.25) is 0 Å². The molecule has 6 heteroatoms. The number of anilines is 1. The van der Waals surface area contributed by atoms with Crippen molar-refractivity contribution in [3.05, 3.63) is 30.6 Å². The molecule has 1 unspecified atom stereocenters. The molecule has 2 aromatic rings. The zero-order chi connectivity index (χ0) is 12.3. The van der Waals surface area contributed by atoms with Crippen molar-refractivity contribution in [2.24, 2.45) is 0 Å². The smallest absolute Gasteiger partial charge is 0.328 e. The molecule has 0 radical (unpaired) electrons. The maximum absolute atomic E-state index is 10.8. The Labute approximate surface area is 96.9 Å². The van der Waals surface area contributed by atoms with Crippen LogP contribution < -0.4 is 5.32 Å². The summed E-state index contributed by atoms with van der Waals surface area (Å²) in [5.41, 5.74) is 0.715. The van der Waals surface area contributed by atoms with E-state index in [1.54, 1.807) is 12.1 Å². The lowest BCUT2D eigenvalue weighted by Crippen LogP contribution is -2.33. The van der Waals surface area contributed by atoms with E-state index in [2.05, 4.69) is 15.3 Å². The van der Waals surface area contributed by atoms with Crippen LogP contribution in [-0.2, 0) is 4.79 Å². The van der Waals surface area contributed by atoms with Crippen LogP contribution in [-0.4, -0.2) is 38.8 Å². The van der Waals surface area contributed by atoms with Gasteiger partial charge < -0.3 is 15.5 Å². The highest BCUT2D eigenvalue weighted by Crippen LogP contribution is 2.18. The molecule has 88 valence electrons. The van der Waals surface area contributed by atoms with Crippen LogP contribution in [0, 0.1) is 0 Å². The molecule has 3 N–H and O–H groups in total. The van der Waals surface area contributed by atoms with Crippen LogP contribution in [0.15, 0.2) is 30.6 Å². The number of para-hydroxylation sites is 1. The van der Waals surface area contributed by atoms with Gasteiger partial charge in [0, 0.05) is 5.39 Å². The number of nitrogens with one attached hydrogen (secondary N) is 1. The highest BCUT2D eigenvalue weighted by Gasteiger charge is 2.17. The molecule has 0 fully saturated rings. The number of carboxylic acid groups (broad SMARTS) is 1. The van der Waals surface area contributed by atoms with E-state index in [9.17, 15) is 4.79 Å². The fraction of sp³-hybridized carbons (Fsp3) is 0.182. The standard InChI is InChI=1S/C11H11N3O3/c15-5-9(11(16)17)14-10-7-3-1-2-4-8(7)12-6-13-10/h1-4,6,9,15H,5H2,(H,16,17)(H,12,13,14). The van der Waals surface area contributed by atoms with E-state index >= 15 is 0 Å². The number of hydrogen-bond donors (Lipinski definition) is 3. The summed E-state index contributed by atoms with van der Waals surface area (Å²) >= 11 is 0. The summed E-state index contributed by atoms with van der Waals surface area (Å²) in [4.78, 5) is 18.8. The van der Waals surface area contributed by atoms with Crippen molar-refractivity contribution < 1.29 is 15.0 Å². The number of nitrogens with zero attached hydrogens (tertiary/aromatic N) is 2. The number of carboxylic acids is 1. The Kier molecular flexibility index (Phi) is 3.15. The molecule has 0 amide bonds. The van der Waals surface area contributed by atoms with Gasteiger partial charge in [0.05, 0.1) is 12.1 Å². The SMILES string of the molecule is O=C(O)C(CO)Nc1ncnc2ccccc12. The van der Waals surface area contributed by atoms with E-state index in [-0.39, 0.29) is 0 Å². The fourth-order valence-electron chi connectivity index (χ4n) is 1.47. The molecule has 17 heavy (non-hydrogen) atoms. The van der Waals surface area contributed by atoms with Gasteiger partial charge in [-0.15, -0.1) is 0 Å². The first kappa shape index (κ1) is 11.3. The van der Waals surface area contributed by atoms with Crippen LogP contribution in [0.3, 0.4) is 0 Å². The molecule has 6 nitrogen and oxygen atoms in total. The summed E-state index contributed by atoms with van der Waals surface area (Å²) in [5.74, 6) is -0.729. The van der Waals surface area contributed by atoms with Crippen molar-refractivity contribution in [2.45, 2.75) is 6.04 Å². The quantitative estimate of drug-likeness (QED) is 0.711. The van der Waals surface area contributed by atoms with Crippen LogP contribution >= 0.6 is 0 Å². The maximum Gasteiger partial charge on any atom is 0.328 e. The van der Waals surface area contributed by atoms with Gasteiger partial charge in [0.25, 0.3) is 0 Å². The zero-order valence-electron chi connectivity index (χ0n) is 8.87. The number of aromatic nitrogens is 2. The van der Waals surface area contributed by atoms with E-state index in [0.717, 1.165) is 5.39 Å². The largest absolute Gasteiger partial charge is 0.480 e. The van der Waals surface area contributed by atoms with Gasteiger partial charge in [-0.25, -0.2) is 14.8 Å². The van der Waals surface area contributed by atoms with Crippen LogP contribution in [0.4, 0.5) is 5.82 Å². The van der Waals surface area contributed by atoms with E-state index < -0.39 is 18.6 Å². The van der Waals surface area contributed by atoms with Crippen LogP contribution in [0.1, 0.15) is 0 Å². The van der Waals surface area contributed by atoms with Gasteiger partial charge in [-0.1, -0.05) is 12.1 Å². The normalized spacial score (nSPS) is 12.3. The topological polar surface area (TPSA) is 95.3 Å². The van der Waals surface area contributed by atoms with Crippen molar-refractivity contribution in [3.8, 4) is 0 Å². The molecule has 0 spiro atoms. The first-order chi connectivity index (χ1) is 8.22. The van der Waals surface area contributed by atoms with Crippen molar-refractivity contribution in [1.82, 2.24) is 9.97 Å². The Balaban J connectivity index is 2.38. The molecule has 0 aliphatic heterocycles. The molecule has 1 aromatic carbocycles. The lowest BCUT2D eigenvalue weighted by molar-refractivity contribution is -0.138. The zero-order valence-corrected chi connectivity index (χ0v) is 8.87. The molecule has 0 saturated carbocycles. The van der Waals surface area contributed by atoms with E-state index in [4.69, 9.17) is 10.2 Å². The summed E-state index contributed by atoms with van der Waals surface area (Å²) in [6, 6.07) is 6.16. The average molecular weight is 233 g/mol. The Morgan fingerprint density at radius 3 is 2.82 bits per heavy atom. The molecule has 2 rings (SSSR count). The Morgan fingerprint density at radius 1 is 1.35 bits per heavy atom. The van der Waals surface area contributed by atoms with Crippen molar-refractivity contribution in [1.29, 1.82) is 0 Å². The first-order valence-electron chi connectivity index (χ1n) is 5.02. The predicted octanol–water partition coefficient (Wildman–Crippen LogP) is 0.487. The third-order valence-corrected chi connectivity index (χ3v) is 2.33. The predicted molar refractivity (Wildman–Crippen MR) is 61.7 cm³/mol. The third kappa shape index (κ3) is 2.31. The second-order valence-corrected chi connectivity index (χ2v) is 3.46. The average Bonchev–Trinajstić information content (AvgIpc) is 2.35. The summed E-state index contributed by atoms with van der Waals surface area (Å²) in [6.45, 7) is -0.506. The molecule has 0 bridgehead atoms.